The second kappa shape index (κ2) is 8.69. The van der Waals surface area contributed by atoms with Crippen LogP contribution in [0.25, 0.3) is 48.9 Å². The second-order valence-electron chi connectivity index (χ2n) is 11.4. The van der Waals surface area contributed by atoms with Crippen molar-refractivity contribution in [1.82, 2.24) is 4.40 Å². The van der Waals surface area contributed by atoms with E-state index in [0.717, 1.165) is 37.9 Å². The number of pyridine rings is 2. The highest BCUT2D eigenvalue weighted by Crippen LogP contribution is 2.54. The maximum atomic E-state index is 14.3. The molecule has 1 aliphatic heterocycles. The van der Waals surface area contributed by atoms with E-state index in [4.69, 9.17) is 0 Å². The van der Waals surface area contributed by atoms with Gasteiger partial charge in [0.2, 0.25) is 0 Å². The third-order valence-corrected chi connectivity index (χ3v) is 10.0. The Kier molecular flexibility index (Phi) is 4.95. The molecule has 0 atom stereocenters. The van der Waals surface area contributed by atoms with E-state index < -0.39 is 0 Å². The van der Waals surface area contributed by atoms with Gasteiger partial charge >= 0.3 is 0 Å². The molecule has 2 aromatic heterocycles. The molecule has 0 radical (unpaired) electrons. The van der Waals surface area contributed by atoms with Crippen LogP contribution < -0.4 is 15.8 Å². The minimum absolute atomic E-state index is 0.0471. The molecular formula is C38H24N2O2S. The van der Waals surface area contributed by atoms with E-state index in [-0.39, 0.29) is 10.9 Å². The van der Waals surface area contributed by atoms with Crippen molar-refractivity contribution in [2.24, 2.45) is 0 Å². The molecule has 1 aliphatic rings. The highest BCUT2D eigenvalue weighted by atomic mass is 32.2. The van der Waals surface area contributed by atoms with Crippen LogP contribution in [0, 0.1) is 13.8 Å². The van der Waals surface area contributed by atoms with Crippen LogP contribution in [0.15, 0.2) is 129 Å². The van der Waals surface area contributed by atoms with Gasteiger partial charge in [0.05, 0.1) is 33.6 Å². The fourth-order valence-corrected chi connectivity index (χ4v) is 8.16. The van der Waals surface area contributed by atoms with Crippen LogP contribution in [0.5, 0.6) is 0 Å². The van der Waals surface area contributed by atoms with Crippen LogP contribution in [0.3, 0.4) is 0 Å². The number of anilines is 3. The molecule has 0 amide bonds. The van der Waals surface area contributed by atoms with Gasteiger partial charge < -0.3 is 9.30 Å². The molecule has 43 heavy (non-hydrogen) atoms. The normalized spacial score (nSPS) is 12.9. The zero-order valence-electron chi connectivity index (χ0n) is 23.5. The molecule has 5 heteroatoms. The van der Waals surface area contributed by atoms with Gasteiger partial charge in [0, 0.05) is 36.7 Å². The molecule has 0 saturated carbocycles. The van der Waals surface area contributed by atoms with Crippen molar-refractivity contribution >= 4 is 77.7 Å². The van der Waals surface area contributed by atoms with Gasteiger partial charge in [-0.3, -0.25) is 9.59 Å². The smallest absolute Gasteiger partial charge is 0.197 e. The van der Waals surface area contributed by atoms with Crippen LogP contribution in [0.2, 0.25) is 0 Å². The molecule has 0 aliphatic carbocycles. The molecule has 0 saturated heterocycles. The number of hydrogen-bond acceptors (Lipinski definition) is 4. The van der Waals surface area contributed by atoms with Gasteiger partial charge in [-0.05, 0) is 78.9 Å². The van der Waals surface area contributed by atoms with Gasteiger partial charge in [-0.25, -0.2) is 0 Å². The van der Waals surface area contributed by atoms with Crippen LogP contribution >= 0.6 is 11.8 Å². The molecule has 0 unspecified atom stereocenters. The van der Waals surface area contributed by atoms with Crippen molar-refractivity contribution in [3.63, 3.8) is 0 Å². The summed E-state index contributed by atoms with van der Waals surface area (Å²) in [6.07, 6.45) is 0. The minimum atomic E-state index is -0.0626. The van der Waals surface area contributed by atoms with Crippen molar-refractivity contribution in [3.8, 4) is 0 Å². The summed E-state index contributed by atoms with van der Waals surface area (Å²) >= 11 is 1.72. The summed E-state index contributed by atoms with van der Waals surface area (Å²) in [7, 11) is 0. The molecule has 8 aromatic rings. The Morgan fingerprint density at radius 1 is 0.512 bits per heavy atom. The van der Waals surface area contributed by atoms with Gasteiger partial charge in [-0.2, -0.15) is 0 Å². The standard InChI is InChI=1S/C38H24N2O2S/c1-21-18-22(2)35(24-11-4-3-10-23(21)24)40-30-16-7-8-17-33(30)43-34-20-31-28(19-32(34)40)38(42)27-14-9-13-26-36(27)39(31)29-15-6-5-12-25(29)37(26)41/h3-20H,1-2H3. The van der Waals surface area contributed by atoms with E-state index in [2.05, 4.69) is 89.9 Å². The first-order chi connectivity index (χ1) is 21.0. The van der Waals surface area contributed by atoms with E-state index in [0.29, 0.717) is 27.1 Å². The van der Waals surface area contributed by atoms with E-state index in [9.17, 15) is 9.59 Å². The molecule has 9 rings (SSSR count). The fourth-order valence-electron chi connectivity index (χ4n) is 7.08. The zero-order valence-corrected chi connectivity index (χ0v) is 24.3. The van der Waals surface area contributed by atoms with Crippen LogP contribution in [0.4, 0.5) is 17.1 Å². The number of aryl methyl sites for hydroxylation is 2. The first kappa shape index (κ1) is 24.5. The van der Waals surface area contributed by atoms with E-state index in [1.54, 1.807) is 11.8 Å². The Balaban J connectivity index is 1.47. The fraction of sp³-hybridized carbons (Fsp3) is 0.0526. The first-order valence-corrected chi connectivity index (χ1v) is 15.2. The number of hydrogen-bond donors (Lipinski definition) is 0. The van der Waals surface area contributed by atoms with Gasteiger partial charge in [-0.1, -0.05) is 72.4 Å². The Bertz CT molecular complexity index is 2620. The Morgan fingerprint density at radius 2 is 1.16 bits per heavy atom. The summed E-state index contributed by atoms with van der Waals surface area (Å²) in [5.41, 5.74) is 7.79. The van der Waals surface area contributed by atoms with E-state index in [1.165, 1.54) is 21.9 Å². The molecule has 3 heterocycles. The van der Waals surface area contributed by atoms with Crippen molar-refractivity contribution in [1.29, 1.82) is 0 Å². The number of benzene rings is 6. The van der Waals surface area contributed by atoms with Crippen LogP contribution in [0.1, 0.15) is 11.1 Å². The molecule has 0 spiro atoms. The van der Waals surface area contributed by atoms with E-state index in [1.807, 2.05) is 42.5 Å². The van der Waals surface area contributed by atoms with Gasteiger partial charge in [0.25, 0.3) is 0 Å². The SMILES string of the molecule is Cc1cc(C)c2ccccc2c1N1c2ccccc2Sc2cc3c(cc21)c(=O)c1cccc2c(=O)c4ccccc4n3c21. The highest BCUT2D eigenvalue weighted by molar-refractivity contribution is 7.99. The molecule has 0 N–H and O–H groups in total. The quantitative estimate of drug-likeness (QED) is 0.145. The van der Waals surface area contributed by atoms with Crippen molar-refractivity contribution < 1.29 is 0 Å². The lowest BCUT2D eigenvalue weighted by Crippen LogP contribution is -2.18. The molecule has 204 valence electrons. The topological polar surface area (TPSA) is 41.8 Å². The number of aromatic nitrogens is 1. The second-order valence-corrected chi connectivity index (χ2v) is 12.4. The predicted molar refractivity (Wildman–Crippen MR) is 179 cm³/mol. The van der Waals surface area contributed by atoms with Gasteiger partial charge in [0.1, 0.15) is 0 Å². The maximum Gasteiger partial charge on any atom is 0.197 e. The zero-order chi connectivity index (χ0) is 29.0. The molecule has 4 nitrogen and oxygen atoms in total. The third kappa shape index (κ3) is 3.23. The average molecular weight is 573 g/mol. The van der Waals surface area contributed by atoms with Gasteiger partial charge in [-0.15, -0.1) is 0 Å². The number of nitrogens with zero attached hydrogens (tertiary/aromatic N) is 2. The summed E-state index contributed by atoms with van der Waals surface area (Å²) in [6.45, 7) is 4.33. The summed E-state index contributed by atoms with van der Waals surface area (Å²) < 4.78 is 2.12. The van der Waals surface area contributed by atoms with Gasteiger partial charge in [0.15, 0.2) is 10.9 Å². The first-order valence-electron chi connectivity index (χ1n) is 14.4. The summed E-state index contributed by atoms with van der Waals surface area (Å²) in [5.74, 6) is 0. The van der Waals surface area contributed by atoms with Crippen molar-refractivity contribution in [2.45, 2.75) is 23.6 Å². The molecule has 0 bridgehead atoms. The third-order valence-electron chi connectivity index (χ3n) is 8.91. The largest absolute Gasteiger partial charge is 0.307 e. The predicted octanol–water partition coefficient (Wildman–Crippen LogP) is 9.26. The lowest BCUT2D eigenvalue weighted by atomic mass is 9.97. The monoisotopic (exact) mass is 572 g/mol. The van der Waals surface area contributed by atoms with Crippen LogP contribution in [-0.4, -0.2) is 4.40 Å². The molecule has 0 fully saturated rings. The summed E-state index contributed by atoms with van der Waals surface area (Å²) in [6, 6.07) is 36.7. The summed E-state index contributed by atoms with van der Waals surface area (Å²) in [5, 5.41) is 4.79. The summed E-state index contributed by atoms with van der Waals surface area (Å²) in [4.78, 5) is 32.4. The van der Waals surface area contributed by atoms with E-state index >= 15 is 0 Å². The lowest BCUT2D eigenvalue weighted by molar-refractivity contribution is 1.16. The van der Waals surface area contributed by atoms with Crippen molar-refractivity contribution in [3.05, 3.63) is 141 Å². The molecule has 6 aromatic carbocycles. The van der Waals surface area contributed by atoms with Crippen molar-refractivity contribution in [2.75, 3.05) is 4.90 Å². The number of fused-ring (bicyclic) bond motifs is 7. The molecular weight excluding hydrogens is 548 g/mol. The average Bonchev–Trinajstić information content (AvgIpc) is 3.03. The Hall–Kier alpha value is -5.13. The number of rotatable bonds is 1. The highest BCUT2D eigenvalue weighted by Gasteiger charge is 2.29. The maximum absolute atomic E-state index is 14.3. The Labute approximate surface area is 250 Å². The number of para-hydroxylation sites is 3. The minimum Gasteiger partial charge on any atom is -0.307 e. The lowest BCUT2D eigenvalue weighted by Gasteiger charge is -2.35. The Morgan fingerprint density at radius 3 is 1.98 bits per heavy atom. The van der Waals surface area contributed by atoms with Crippen LogP contribution in [-0.2, 0) is 0 Å².